The molecule has 1 heterocycles. The van der Waals surface area contributed by atoms with Gasteiger partial charge >= 0.3 is 0 Å². The maximum absolute atomic E-state index is 5.18. The lowest BCUT2D eigenvalue weighted by molar-refractivity contribution is 0.414. The Labute approximate surface area is 78.9 Å². The first-order valence-corrected chi connectivity index (χ1v) is 4.73. The quantitative estimate of drug-likeness (QED) is 0.711. The van der Waals surface area contributed by atoms with Crippen LogP contribution in [-0.4, -0.2) is 13.2 Å². The van der Waals surface area contributed by atoms with Crippen LogP contribution in [0, 0.1) is 0 Å². The summed E-state index contributed by atoms with van der Waals surface area (Å²) in [6.07, 6.45) is 2.36. The Morgan fingerprint density at radius 3 is 3.08 bits per heavy atom. The third kappa shape index (κ3) is 1.62. The fraction of sp³-hybridized carbons (Fsp3) is 0.455. The van der Waals surface area contributed by atoms with Gasteiger partial charge in [-0.3, -0.25) is 0 Å². The summed E-state index contributed by atoms with van der Waals surface area (Å²) in [4.78, 5) is 0. The Kier molecular flexibility index (Phi) is 2.13. The lowest BCUT2D eigenvalue weighted by atomic mass is 9.99. The predicted molar refractivity (Wildman–Crippen MR) is 54.4 cm³/mol. The number of anilines is 1. The molecule has 1 N–H and O–H groups in total. The van der Waals surface area contributed by atoms with Crippen LogP contribution in [-0.2, 0) is 6.42 Å². The monoisotopic (exact) mass is 177 g/mol. The third-order valence-electron chi connectivity index (χ3n) is 2.56. The first-order chi connectivity index (χ1) is 6.29. The molecule has 0 radical (unpaired) electrons. The summed E-state index contributed by atoms with van der Waals surface area (Å²) in [5, 5.41) is 3.46. The Morgan fingerprint density at radius 2 is 2.31 bits per heavy atom. The van der Waals surface area contributed by atoms with Crippen LogP contribution >= 0.6 is 0 Å². The van der Waals surface area contributed by atoms with E-state index in [0.717, 1.165) is 12.2 Å². The van der Waals surface area contributed by atoms with Crippen LogP contribution in [0.3, 0.4) is 0 Å². The minimum atomic E-state index is 0.598. The molecular formula is C11H15NO. The zero-order valence-corrected chi connectivity index (χ0v) is 8.13. The van der Waals surface area contributed by atoms with Crippen LogP contribution in [0.1, 0.15) is 18.9 Å². The maximum Gasteiger partial charge on any atom is 0.119 e. The first kappa shape index (κ1) is 8.42. The molecule has 0 saturated heterocycles. The van der Waals surface area contributed by atoms with E-state index in [2.05, 4.69) is 24.4 Å². The molecule has 0 aliphatic carbocycles. The Bertz CT molecular complexity index is 309. The predicted octanol–water partition coefficient (Wildman–Crippen LogP) is 2.44. The fourth-order valence-electron chi connectivity index (χ4n) is 1.75. The number of ether oxygens (including phenoxy) is 1. The number of hydrogen-bond acceptors (Lipinski definition) is 2. The Balaban J connectivity index is 2.31. The van der Waals surface area contributed by atoms with Gasteiger partial charge in [0.15, 0.2) is 0 Å². The van der Waals surface area contributed by atoms with Gasteiger partial charge in [-0.05, 0) is 43.5 Å². The Morgan fingerprint density at radius 1 is 1.46 bits per heavy atom. The summed E-state index contributed by atoms with van der Waals surface area (Å²) < 4.78 is 5.18. The second-order valence-electron chi connectivity index (χ2n) is 3.61. The van der Waals surface area contributed by atoms with Gasteiger partial charge in [0.25, 0.3) is 0 Å². The van der Waals surface area contributed by atoms with E-state index >= 15 is 0 Å². The number of fused-ring (bicyclic) bond motifs is 1. The molecule has 1 aliphatic rings. The number of benzene rings is 1. The number of nitrogens with one attached hydrogen (secondary N) is 1. The zero-order chi connectivity index (χ0) is 9.26. The van der Waals surface area contributed by atoms with Crippen LogP contribution < -0.4 is 10.1 Å². The van der Waals surface area contributed by atoms with E-state index in [1.54, 1.807) is 7.11 Å². The fourth-order valence-corrected chi connectivity index (χ4v) is 1.75. The van der Waals surface area contributed by atoms with E-state index in [4.69, 9.17) is 4.74 Å². The minimum absolute atomic E-state index is 0.598. The van der Waals surface area contributed by atoms with Crippen molar-refractivity contribution in [1.29, 1.82) is 0 Å². The van der Waals surface area contributed by atoms with E-state index in [9.17, 15) is 0 Å². The molecule has 0 saturated carbocycles. The summed E-state index contributed by atoms with van der Waals surface area (Å²) in [5.41, 5.74) is 2.64. The highest BCUT2D eigenvalue weighted by atomic mass is 16.5. The highest BCUT2D eigenvalue weighted by Gasteiger charge is 2.13. The lowest BCUT2D eigenvalue weighted by Crippen LogP contribution is -2.21. The topological polar surface area (TPSA) is 21.3 Å². The molecule has 2 rings (SSSR count). The van der Waals surface area contributed by atoms with Crippen LogP contribution in [0.4, 0.5) is 5.69 Å². The molecule has 0 amide bonds. The lowest BCUT2D eigenvalue weighted by Gasteiger charge is -2.24. The second kappa shape index (κ2) is 3.29. The van der Waals surface area contributed by atoms with E-state index in [0.29, 0.717) is 6.04 Å². The van der Waals surface area contributed by atoms with Gasteiger partial charge in [0.2, 0.25) is 0 Å². The number of hydrogen-bond donors (Lipinski definition) is 1. The van der Waals surface area contributed by atoms with Crippen molar-refractivity contribution in [1.82, 2.24) is 0 Å². The number of rotatable bonds is 1. The van der Waals surface area contributed by atoms with Crippen LogP contribution in [0.5, 0.6) is 5.75 Å². The number of aryl methyl sites for hydroxylation is 1. The van der Waals surface area contributed by atoms with E-state index in [-0.39, 0.29) is 0 Å². The van der Waals surface area contributed by atoms with Crippen molar-refractivity contribution >= 4 is 5.69 Å². The average Bonchev–Trinajstić information content (AvgIpc) is 2.17. The van der Waals surface area contributed by atoms with Crippen molar-refractivity contribution in [3.05, 3.63) is 23.8 Å². The molecule has 0 fully saturated rings. The van der Waals surface area contributed by atoms with Crippen molar-refractivity contribution in [2.75, 3.05) is 12.4 Å². The molecule has 70 valence electrons. The normalized spacial score (nSPS) is 20.3. The smallest absolute Gasteiger partial charge is 0.119 e. The highest BCUT2D eigenvalue weighted by molar-refractivity contribution is 5.56. The minimum Gasteiger partial charge on any atom is -0.497 e. The zero-order valence-electron chi connectivity index (χ0n) is 8.13. The molecule has 1 atom stereocenters. The van der Waals surface area contributed by atoms with Gasteiger partial charge in [-0.25, -0.2) is 0 Å². The van der Waals surface area contributed by atoms with Gasteiger partial charge in [-0.15, -0.1) is 0 Å². The number of methoxy groups -OCH3 is 1. The van der Waals surface area contributed by atoms with Crippen molar-refractivity contribution < 1.29 is 4.74 Å². The summed E-state index contributed by atoms with van der Waals surface area (Å²) in [7, 11) is 1.71. The van der Waals surface area contributed by atoms with E-state index in [1.165, 1.54) is 17.7 Å². The average molecular weight is 177 g/mol. The SMILES string of the molecule is COc1ccc2c(c1)CC[C@@H](C)N2. The van der Waals surface area contributed by atoms with Crippen molar-refractivity contribution in [3.63, 3.8) is 0 Å². The Hall–Kier alpha value is -1.18. The maximum atomic E-state index is 5.18. The molecule has 2 nitrogen and oxygen atoms in total. The third-order valence-corrected chi connectivity index (χ3v) is 2.56. The molecule has 1 aromatic carbocycles. The van der Waals surface area contributed by atoms with Crippen molar-refractivity contribution in [2.45, 2.75) is 25.8 Å². The van der Waals surface area contributed by atoms with Gasteiger partial charge < -0.3 is 10.1 Å². The molecule has 1 aliphatic heterocycles. The molecule has 0 unspecified atom stereocenters. The van der Waals surface area contributed by atoms with Crippen LogP contribution in [0.2, 0.25) is 0 Å². The first-order valence-electron chi connectivity index (χ1n) is 4.73. The van der Waals surface area contributed by atoms with Crippen molar-refractivity contribution in [2.24, 2.45) is 0 Å². The molecule has 0 spiro atoms. The van der Waals surface area contributed by atoms with Gasteiger partial charge in [0, 0.05) is 11.7 Å². The molecule has 2 heteroatoms. The highest BCUT2D eigenvalue weighted by Crippen LogP contribution is 2.28. The largest absolute Gasteiger partial charge is 0.497 e. The van der Waals surface area contributed by atoms with Crippen molar-refractivity contribution in [3.8, 4) is 5.75 Å². The summed E-state index contributed by atoms with van der Waals surface area (Å²) >= 11 is 0. The molecular weight excluding hydrogens is 162 g/mol. The molecule has 0 bridgehead atoms. The summed E-state index contributed by atoms with van der Waals surface area (Å²) in [5.74, 6) is 0.954. The second-order valence-corrected chi connectivity index (χ2v) is 3.61. The van der Waals surface area contributed by atoms with E-state index in [1.807, 2.05) is 6.07 Å². The van der Waals surface area contributed by atoms with Gasteiger partial charge in [-0.2, -0.15) is 0 Å². The molecule has 0 aromatic heterocycles. The van der Waals surface area contributed by atoms with Gasteiger partial charge in [0.1, 0.15) is 5.75 Å². The molecule has 13 heavy (non-hydrogen) atoms. The van der Waals surface area contributed by atoms with Crippen LogP contribution in [0.15, 0.2) is 18.2 Å². The van der Waals surface area contributed by atoms with Gasteiger partial charge in [0.05, 0.1) is 7.11 Å². The standard InChI is InChI=1S/C11H15NO/c1-8-3-4-9-7-10(13-2)5-6-11(9)12-8/h5-8,12H,3-4H2,1-2H3/t8-/m1/s1. The molecule has 1 aromatic rings. The summed E-state index contributed by atoms with van der Waals surface area (Å²) in [6, 6.07) is 6.82. The van der Waals surface area contributed by atoms with E-state index < -0.39 is 0 Å². The van der Waals surface area contributed by atoms with Crippen LogP contribution in [0.25, 0.3) is 0 Å². The summed E-state index contributed by atoms with van der Waals surface area (Å²) in [6.45, 7) is 2.22. The van der Waals surface area contributed by atoms with Gasteiger partial charge in [-0.1, -0.05) is 0 Å².